The molecule has 0 radical (unpaired) electrons. The summed E-state index contributed by atoms with van der Waals surface area (Å²) in [5, 5.41) is 0. The van der Waals surface area contributed by atoms with Crippen LogP contribution in [0.25, 0.3) is 0 Å². The Morgan fingerprint density at radius 2 is 1.95 bits per heavy atom. The molecule has 0 aliphatic heterocycles. The standard InChI is InChI=1S/C16H23NO3S/c1-11-5-8-15(12(2)9-11)16(18)17(14-6-7-14)13(3)10-21(4,19)20/h5,8-9,13-14H,6-7,10H2,1-4H3/t13-/m0/s1. The molecule has 2 rings (SSSR count). The summed E-state index contributed by atoms with van der Waals surface area (Å²) < 4.78 is 23.0. The van der Waals surface area contributed by atoms with Crippen molar-refractivity contribution in [3.8, 4) is 0 Å². The number of nitrogens with zero attached hydrogens (tertiary/aromatic N) is 1. The summed E-state index contributed by atoms with van der Waals surface area (Å²) in [4.78, 5) is 14.6. The number of benzene rings is 1. The van der Waals surface area contributed by atoms with Crippen LogP contribution in [0.4, 0.5) is 0 Å². The van der Waals surface area contributed by atoms with Gasteiger partial charge in [0.1, 0.15) is 9.84 Å². The molecule has 1 saturated carbocycles. The van der Waals surface area contributed by atoms with Crippen molar-refractivity contribution in [1.29, 1.82) is 0 Å². The lowest BCUT2D eigenvalue weighted by atomic mass is 10.0. The highest BCUT2D eigenvalue weighted by molar-refractivity contribution is 7.90. The predicted molar refractivity (Wildman–Crippen MR) is 84.3 cm³/mol. The van der Waals surface area contributed by atoms with Crippen molar-refractivity contribution >= 4 is 15.7 Å². The molecule has 0 spiro atoms. The van der Waals surface area contributed by atoms with E-state index in [0.29, 0.717) is 5.56 Å². The van der Waals surface area contributed by atoms with Gasteiger partial charge in [0, 0.05) is 23.9 Å². The number of amides is 1. The molecule has 1 aromatic rings. The molecule has 21 heavy (non-hydrogen) atoms. The number of hydrogen-bond donors (Lipinski definition) is 0. The van der Waals surface area contributed by atoms with Crippen LogP contribution in [0.5, 0.6) is 0 Å². The summed E-state index contributed by atoms with van der Waals surface area (Å²) in [7, 11) is -3.10. The summed E-state index contributed by atoms with van der Waals surface area (Å²) in [5.41, 5.74) is 2.73. The van der Waals surface area contributed by atoms with E-state index in [1.165, 1.54) is 6.26 Å². The average Bonchev–Trinajstić information content (AvgIpc) is 3.10. The van der Waals surface area contributed by atoms with Crippen molar-refractivity contribution in [3.63, 3.8) is 0 Å². The van der Waals surface area contributed by atoms with Crippen molar-refractivity contribution in [2.45, 2.75) is 45.7 Å². The van der Waals surface area contributed by atoms with Gasteiger partial charge in [0.2, 0.25) is 0 Å². The van der Waals surface area contributed by atoms with Crippen LogP contribution < -0.4 is 0 Å². The van der Waals surface area contributed by atoms with Crippen LogP contribution in [0.2, 0.25) is 0 Å². The molecule has 0 saturated heterocycles. The van der Waals surface area contributed by atoms with E-state index in [1.807, 2.05) is 39.0 Å². The van der Waals surface area contributed by atoms with Gasteiger partial charge in [-0.3, -0.25) is 4.79 Å². The molecule has 0 N–H and O–H groups in total. The molecule has 1 fully saturated rings. The number of sulfone groups is 1. The molecular formula is C16H23NO3S. The molecule has 1 aliphatic carbocycles. The molecule has 1 aliphatic rings. The fourth-order valence-electron chi connectivity index (χ4n) is 2.79. The van der Waals surface area contributed by atoms with E-state index in [0.717, 1.165) is 24.0 Å². The van der Waals surface area contributed by atoms with Crippen LogP contribution in [0.3, 0.4) is 0 Å². The Labute approximate surface area is 127 Å². The fraction of sp³-hybridized carbons (Fsp3) is 0.562. The van der Waals surface area contributed by atoms with Gasteiger partial charge >= 0.3 is 0 Å². The second-order valence-corrected chi connectivity index (χ2v) is 8.39. The molecule has 0 heterocycles. The number of hydrogen-bond acceptors (Lipinski definition) is 3. The van der Waals surface area contributed by atoms with Crippen LogP contribution in [-0.4, -0.2) is 43.3 Å². The van der Waals surface area contributed by atoms with Crippen LogP contribution in [0.15, 0.2) is 18.2 Å². The number of aryl methyl sites for hydroxylation is 2. The smallest absolute Gasteiger partial charge is 0.254 e. The summed E-state index contributed by atoms with van der Waals surface area (Å²) in [6.07, 6.45) is 3.14. The lowest BCUT2D eigenvalue weighted by Crippen LogP contribution is -2.44. The first kappa shape index (κ1) is 16.0. The zero-order valence-corrected chi connectivity index (χ0v) is 13.9. The quantitative estimate of drug-likeness (QED) is 0.839. The van der Waals surface area contributed by atoms with E-state index in [1.54, 1.807) is 4.90 Å². The molecule has 1 aromatic carbocycles. The predicted octanol–water partition coefficient (Wildman–Crippen LogP) is 2.34. The highest BCUT2D eigenvalue weighted by Gasteiger charge is 2.37. The molecule has 5 heteroatoms. The third-order valence-corrected chi connectivity index (χ3v) is 4.89. The average molecular weight is 309 g/mol. The Balaban J connectivity index is 2.27. The number of rotatable bonds is 5. The molecule has 0 bridgehead atoms. The highest BCUT2D eigenvalue weighted by atomic mass is 32.2. The maximum atomic E-state index is 12.8. The molecule has 116 valence electrons. The zero-order chi connectivity index (χ0) is 15.8. The van der Waals surface area contributed by atoms with E-state index in [9.17, 15) is 13.2 Å². The third kappa shape index (κ3) is 4.06. The maximum absolute atomic E-state index is 12.8. The SMILES string of the molecule is Cc1ccc(C(=O)N(C2CC2)[C@@H](C)CS(C)(=O)=O)c(C)c1. The van der Waals surface area contributed by atoms with Gasteiger partial charge < -0.3 is 4.90 Å². The summed E-state index contributed by atoms with van der Waals surface area (Å²) in [6.45, 7) is 5.74. The fourth-order valence-corrected chi connectivity index (χ4v) is 3.83. The van der Waals surface area contributed by atoms with E-state index in [-0.39, 0.29) is 23.7 Å². The summed E-state index contributed by atoms with van der Waals surface area (Å²) in [5.74, 6) is -0.0358. The number of carbonyl (C=O) groups excluding carboxylic acids is 1. The lowest BCUT2D eigenvalue weighted by Gasteiger charge is -2.29. The largest absolute Gasteiger partial charge is 0.332 e. The van der Waals surface area contributed by atoms with Gasteiger partial charge in [0.15, 0.2) is 0 Å². The second kappa shape index (κ2) is 5.79. The van der Waals surface area contributed by atoms with E-state index >= 15 is 0 Å². The Bertz CT molecular complexity index is 647. The van der Waals surface area contributed by atoms with Crippen molar-refractivity contribution in [2.75, 3.05) is 12.0 Å². The molecule has 0 aromatic heterocycles. The molecule has 1 amide bonds. The second-order valence-electron chi connectivity index (χ2n) is 6.20. The minimum Gasteiger partial charge on any atom is -0.332 e. The van der Waals surface area contributed by atoms with Crippen LogP contribution in [0, 0.1) is 13.8 Å². The van der Waals surface area contributed by atoms with Crippen molar-refractivity contribution in [1.82, 2.24) is 4.90 Å². The summed E-state index contributed by atoms with van der Waals surface area (Å²) >= 11 is 0. The Morgan fingerprint density at radius 3 is 2.43 bits per heavy atom. The van der Waals surface area contributed by atoms with Gasteiger partial charge in [-0.05, 0) is 45.2 Å². The first-order chi connectivity index (χ1) is 9.69. The molecule has 4 nitrogen and oxygen atoms in total. The molecule has 1 atom stereocenters. The monoisotopic (exact) mass is 309 g/mol. The van der Waals surface area contributed by atoms with Crippen LogP contribution >= 0.6 is 0 Å². The minimum atomic E-state index is -3.10. The zero-order valence-electron chi connectivity index (χ0n) is 13.1. The van der Waals surface area contributed by atoms with E-state index < -0.39 is 9.84 Å². The Kier molecular flexibility index (Phi) is 4.42. The normalized spacial score (nSPS) is 16.6. The van der Waals surface area contributed by atoms with Crippen LogP contribution in [-0.2, 0) is 9.84 Å². The highest BCUT2D eigenvalue weighted by Crippen LogP contribution is 2.31. The first-order valence-electron chi connectivity index (χ1n) is 7.26. The van der Waals surface area contributed by atoms with Gasteiger partial charge in [0.05, 0.1) is 5.75 Å². The first-order valence-corrected chi connectivity index (χ1v) is 9.33. The van der Waals surface area contributed by atoms with E-state index in [4.69, 9.17) is 0 Å². The topological polar surface area (TPSA) is 54.5 Å². The van der Waals surface area contributed by atoms with Gasteiger partial charge in [-0.1, -0.05) is 17.7 Å². The van der Waals surface area contributed by atoms with Crippen molar-refractivity contribution in [3.05, 3.63) is 34.9 Å². The van der Waals surface area contributed by atoms with Crippen molar-refractivity contribution in [2.24, 2.45) is 0 Å². The number of carbonyl (C=O) groups is 1. The summed E-state index contributed by atoms with van der Waals surface area (Å²) in [6, 6.07) is 5.65. The van der Waals surface area contributed by atoms with Gasteiger partial charge in [-0.2, -0.15) is 0 Å². The van der Waals surface area contributed by atoms with E-state index in [2.05, 4.69) is 0 Å². The van der Waals surface area contributed by atoms with Crippen molar-refractivity contribution < 1.29 is 13.2 Å². The Hall–Kier alpha value is -1.36. The lowest BCUT2D eigenvalue weighted by molar-refractivity contribution is 0.0692. The third-order valence-electron chi connectivity index (χ3n) is 3.81. The minimum absolute atomic E-state index is 0.0140. The molecular weight excluding hydrogens is 286 g/mol. The van der Waals surface area contributed by atoms with Gasteiger partial charge in [-0.25, -0.2) is 8.42 Å². The Morgan fingerprint density at radius 1 is 1.33 bits per heavy atom. The van der Waals surface area contributed by atoms with Crippen LogP contribution in [0.1, 0.15) is 41.3 Å². The maximum Gasteiger partial charge on any atom is 0.254 e. The molecule has 0 unspecified atom stereocenters. The van der Waals surface area contributed by atoms with Gasteiger partial charge in [-0.15, -0.1) is 0 Å². The van der Waals surface area contributed by atoms with Gasteiger partial charge in [0.25, 0.3) is 5.91 Å².